The summed E-state index contributed by atoms with van der Waals surface area (Å²) in [6.07, 6.45) is 0. The average Bonchev–Trinajstić information content (AvgIpc) is 2.87. The van der Waals surface area contributed by atoms with Crippen LogP contribution >= 0.6 is 11.3 Å². The monoisotopic (exact) mass is 269 g/mol. The number of anilines is 1. The van der Waals surface area contributed by atoms with E-state index in [2.05, 4.69) is 33.4 Å². The molecule has 1 saturated heterocycles. The third-order valence-electron chi connectivity index (χ3n) is 3.20. The first kappa shape index (κ1) is 13.3. The highest BCUT2D eigenvalue weighted by molar-refractivity contribution is 7.13. The van der Waals surface area contributed by atoms with Crippen molar-refractivity contribution in [2.75, 3.05) is 38.2 Å². The molecule has 0 amide bonds. The molecule has 0 N–H and O–H groups in total. The van der Waals surface area contributed by atoms with Gasteiger partial charge in [-0.05, 0) is 13.8 Å². The van der Waals surface area contributed by atoms with Gasteiger partial charge < -0.3 is 9.64 Å². The van der Waals surface area contributed by atoms with Crippen LogP contribution in [0.25, 0.3) is 0 Å². The summed E-state index contributed by atoms with van der Waals surface area (Å²) in [6.45, 7) is 8.46. The summed E-state index contributed by atoms with van der Waals surface area (Å²) < 4.78 is 4.66. The number of piperazine rings is 1. The Morgan fingerprint density at radius 2 is 2.06 bits per heavy atom. The Morgan fingerprint density at radius 1 is 1.39 bits per heavy atom. The second-order valence-corrected chi connectivity index (χ2v) is 5.46. The number of hydrogen-bond donors (Lipinski definition) is 0. The predicted octanol–water partition coefficient (Wildman–Crippen LogP) is 1.46. The molecule has 1 aromatic rings. The van der Waals surface area contributed by atoms with E-state index in [1.54, 1.807) is 5.38 Å². The minimum atomic E-state index is -0.363. The van der Waals surface area contributed by atoms with E-state index in [0.29, 0.717) is 11.7 Å². The summed E-state index contributed by atoms with van der Waals surface area (Å²) in [5.74, 6) is -0.363. The Bertz CT molecular complexity index is 411. The highest BCUT2D eigenvalue weighted by Gasteiger charge is 2.21. The Balaban J connectivity index is 1.97. The summed E-state index contributed by atoms with van der Waals surface area (Å²) in [5, 5.41) is 2.68. The van der Waals surface area contributed by atoms with Crippen LogP contribution in [0, 0.1) is 0 Å². The second-order valence-electron chi connectivity index (χ2n) is 4.62. The van der Waals surface area contributed by atoms with Crippen molar-refractivity contribution < 1.29 is 9.53 Å². The van der Waals surface area contributed by atoms with Crippen molar-refractivity contribution in [3.05, 3.63) is 11.1 Å². The molecule has 0 aromatic carbocycles. The highest BCUT2D eigenvalue weighted by Crippen LogP contribution is 2.22. The number of methoxy groups -OCH3 is 1. The van der Waals surface area contributed by atoms with E-state index < -0.39 is 0 Å². The van der Waals surface area contributed by atoms with E-state index >= 15 is 0 Å². The van der Waals surface area contributed by atoms with Crippen molar-refractivity contribution in [1.29, 1.82) is 0 Å². The first-order chi connectivity index (χ1) is 8.61. The molecule has 0 spiro atoms. The number of thiazole rings is 1. The van der Waals surface area contributed by atoms with Gasteiger partial charge in [0.15, 0.2) is 10.8 Å². The average molecular weight is 269 g/mol. The minimum Gasteiger partial charge on any atom is -0.464 e. The van der Waals surface area contributed by atoms with Crippen LogP contribution in [-0.2, 0) is 4.74 Å². The van der Waals surface area contributed by atoms with Crippen molar-refractivity contribution in [1.82, 2.24) is 9.88 Å². The zero-order valence-electron chi connectivity index (χ0n) is 11.0. The van der Waals surface area contributed by atoms with E-state index in [1.807, 2.05) is 0 Å². The number of nitrogens with zero attached hydrogens (tertiary/aromatic N) is 3. The largest absolute Gasteiger partial charge is 0.464 e. The summed E-state index contributed by atoms with van der Waals surface area (Å²) in [4.78, 5) is 20.4. The zero-order chi connectivity index (χ0) is 13.1. The lowest BCUT2D eigenvalue weighted by Gasteiger charge is -2.36. The number of hydrogen-bond acceptors (Lipinski definition) is 6. The molecule has 0 radical (unpaired) electrons. The van der Waals surface area contributed by atoms with Gasteiger partial charge in [-0.15, -0.1) is 11.3 Å². The number of esters is 1. The molecular formula is C12H19N3O2S. The van der Waals surface area contributed by atoms with Gasteiger partial charge in [0.25, 0.3) is 0 Å². The lowest BCUT2D eigenvalue weighted by atomic mass is 10.2. The molecule has 100 valence electrons. The number of carbonyl (C=O) groups is 1. The van der Waals surface area contributed by atoms with Crippen LogP contribution in [0.5, 0.6) is 0 Å². The minimum absolute atomic E-state index is 0.363. The summed E-state index contributed by atoms with van der Waals surface area (Å²) in [5.41, 5.74) is 0.406. The fourth-order valence-electron chi connectivity index (χ4n) is 2.04. The van der Waals surface area contributed by atoms with Gasteiger partial charge in [0, 0.05) is 37.6 Å². The van der Waals surface area contributed by atoms with Crippen LogP contribution in [-0.4, -0.2) is 55.2 Å². The second kappa shape index (κ2) is 5.67. The summed E-state index contributed by atoms with van der Waals surface area (Å²) in [7, 11) is 1.38. The predicted molar refractivity (Wildman–Crippen MR) is 72.4 cm³/mol. The molecular weight excluding hydrogens is 250 g/mol. The van der Waals surface area contributed by atoms with Gasteiger partial charge in [0.2, 0.25) is 0 Å². The summed E-state index contributed by atoms with van der Waals surface area (Å²) >= 11 is 1.50. The molecule has 0 saturated carbocycles. The first-order valence-corrected chi connectivity index (χ1v) is 7.02. The molecule has 2 rings (SSSR count). The number of carbonyl (C=O) groups excluding carboxylic acids is 1. The van der Waals surface area contributed by atoms with Crippen LogP contribution in [0.4, 0.5) is 5.13 Å². The quantitative estimate of drug-likeness (QED) is 0.777. The van der Waals surface area contributed by atoms with Gasteiger partial charge in [-0.2, -0.15) is 0 Å². The first-order valence-electron chi connectivity index (χ1n) is 6.14. The maximum atomic E-state index is 11.3. The number of aromatic nitrogens is 1. The van der Waals surface area contributed by atoms with Crippen molar-refractivity contribution in [3.63, 3.8) is 0 Å². The molecule has 1 aliphatic heterocycles. The van der Waals surface area contributed by atoms with Crippen LogP contribution in [0.2, 0.25) is 0 Å². The molecule has 2 heterocycles. The zero-order valence-corrected chi connectivity index (χ0v) is 11.9. The van der Waals surface area contributed by atoms with E-state index in [0.717, 1.165) is 31.3 Å². The molecule has 0 aliphatic carbocycles. The summed E-state index contributed by atoms with van der Waals surface area (Å²) in [6, 6.07) is 0.592. The molecule has 0 atom stereocenters. The van der Waals surface area contributed by atoms with Gasteiger partial charge in [0.1, 0.15) is 0 Å². The molecule has 18 heavy (non-hydrogen) atoms. The maximum absolute atomic E-state index is 11.3. The van der Waals surface area contributed by atoms with E-state index in [4.69, 9.17) is 0 Å². The Kier molecular flexibility index (Phi) is 4.19. The van der Waals surface area contributed by atoms with Crippen molar-refractivity contribution in [2.24, 2.45) is 0 Å². The smallest absolute Gasteiger partial charge is 0.357 e. The Labute approximate surface area is 111 Å². The molecule has 1 aromatic heterocycles. The third-order valence-corrected chi connectivity index (χ3v) is 4.10. The maximum Gasteiger partial charge on any atom is 0.357 e. The van der Waals surface area contributed by atoms with Gasteiger partial charge in [0.05, 0.1) is 7.11 Å². The standard InChI is InChI=1S/C12H19N3O2S/c1-9(2)14-4-6-15(7-5-14)12-13-10(8-18-12)11(16)17-3/h8-9H,4-7H2,1-3H3. The van der Waals surface area contributed by atoms with Crippen LogP contribution in [0.1, 0.15) is 24.3 Å². The topological polar surface area (TPSA) is 45.7 Å². The molecule has 1 fully saturated rings. The molecule has 1 aliphatic rings. The van der Waals surface area contributed by atoms with Gasteiger partial charge in [-0.3, -0.25) is 4.90 Å². The lowest BCUT2D eigenvalue weighted by molar-refractivity contribution is 0.0595. The highest BCUT2D eigenvalue weighted by atomic mass is 32.1. The van der Waals surface area contributed by atoms with Crippen molar-refractivity contribution in [2.45, 2.75) is 19.9 Å². The van der Waals surface area contributed by atoms with Crippen LogP contribution in [0.3, 0.4) is 0 Å². The molecule has 6 heteroatoms. The fraction of sp³-hybridized carbons (Fsp3) is 0.667. The van der Waals surface area contributed by atoms with E-state index in [9.17, 15) is 4.79 Å². The fourth-order valence-corrected chi connectivity index (χ4v) is 2.89. The number of ether oxygens (including phenoxy) is 1. The van der Waals surface area contributed by atoms with Gasteiger partial charge >= 0.3 is 5.97 Å². The van der Waals surface area contributed by atoms with Gasteiger partial charge in [-0.1, -0.05) is 0 Å². The van der Waals surface area contributed by atoms with Crippen LogP contribution < -0.4 is 4.90 Å². The number of rotatable bonds is 3. The molecule has 0 bridgehead atoms. The van der Waals surface area contributed by atoms with Crippen molar-refractivity contribution >= 4 is 22.4 Å². The molecule has 5 nitrogen and oxygen atoms in total. The lowest BCUT2D eigenvalue weighted by Crippen LogP contribution is -2.48. The van der Waals surface area contributed by atoms with E-state index in [1.165, 1.54) is 18.4 Å². The Hall–Kier alpha value is -1.14. The Morgan fingerprint density at radius 3 is 2.61 bits per heavy atom. The third kappa shape index (κ3) is 2.81. The normalized spacial score (nSPS) is 17.2. The van der Waals surface area contributed by atoms with Crippen molar-refractivity contribution in [3.8, 4) is 0 Å². The van der Waals surface area contributed by atoms with E-state index in [-0.39, 0.29) is 5.97 Å². The van der Waals surface area contributed by atoms with Gasteiger partial charge in [-0.25, -0.2) is 9.78 Å². The molecule has 0 unspecified atom stereocenters. The van der Waals surface area contributed by atoms with Crippen LogP contribution in [0.15, 0.2) is 5.38 Å². The SMILES string of the molecule is COC(=O)c1csc(N2CCN(C(C)C)CC2)n1.